The van der Waals surface area contributed by atoms with Crippen LogP contribution in [0, 0.1) is 17.8 Å². The molecule has 6 atom stereocenters. The van der Waals surface area contributed by atoms with E-state index in [-0.39, 0.29) is 35.9 Å². The van der Waals surface area contributed by atoms with Gasteiger partial charge in [-0.25, -0.2) is 19.6 Å². The van der Waals surface area contributed by atoms with Gasteiger partial charge in [0, 0.05) is 11.8 Å². The molecule has 1 saturated heterocycles. The van der Waals surface area contributed by atoms with Crippen LogP contribution in [-0.2, 0) is 15.0 Å². The number of hydrazine groups is 1. The van der Waals surface area contributed by atoms with Gasteiger partial charge in [0.2, 0.25) is 0 Å². The molecule has 164 valence electrons. The summed E-state index contributed by atoms with van der Waals surface area (Å²) in [7, 11) is 2.66. The van der Waals surface area contributed by atoms with E-state index in [2.05, 4.69) is 24.3 Å². The Morgan fingerprint density at radius 1 is 0.844 bits per heavy atom. The van der Waals surface area contributed by atoms with Crippen molar-refractivity contribution in [1.29, 1.82) is 0 Å². The lowest BCUT2D eigenvalue weighted by atomic mass is 9.63. The smallest absolute Gasteiger partial charge is 0.429 e. The molecule has 2 amide bonds. The first kappa shape index (κ1) is 19.3. The molecule has 2 bridgehead atoms. The van der Waals surface area contributed by atoms with Crippen molar-refractivity contribution in [1.82, 2.24) is 10.0 Å². The number of hydrogen-bond donors (Lipinski definition) is 0. The number of amides is 2. The number of methoxy groups -OCH3 is 2. The van der Waals surface area contributed by atoms with Crippen LogP contribution in [0.25, 0.3) is 0 Å². The minimum Gasteiger partial charge on any atom is -0.452 e. The Kier molecular flexibility index (Phi) is 4.09. The highest BCUT2D eigenvalue weighted by atomic mass is 16.6. The summed E-state index contributed by atoms with van der Waals surface area (Å²) in [6.45, 7) is 0. The summed E-state index contributed by atoms with van der Waals surface area (Å²) in [5, 5.41) is 12.6. The van der Waals surface area contributed by atoms with E-state index >= 15 is 0 Å². The number of ether oxygens (including phenoxy) is 2. The first-order valence-corrected chi connectivity index (χ1v) is 10.9. The summed E-state index contributed by atoms with van der Waals surface area (Å²) in [5.41, 5.74) is 1.58. The third-order valence-electron chi connectivity index (χ3n) is 7.82. The van der Waals surface area contributed by atoms with Crippen LogP contribution in [0.5, 0.6) is 0 Å². The zero-order chi connectivity index (χ0) is 22.0. The van der Waals surface area contributed by atoms with Crippen LogP contribution in [0.1, 0.15) is 17.5 Å². The van der Waals surface area contributed by atoms with Crippen molar-refractivity contribution in [2.24, 2.45) is 28.0 Å². The molecule has 4 aliphatic rings. The van der Waals surface area contributed by atoms with E-state index in [1.807, 2.05) is 36.4 Å². The van der Waals surface area contributed by atoms with Crippen LogP contribution in [0.15, 0.2) is 70.9 Å². The van der Waals surface area contributed by atoms with Crippen LogP contribution < -0.4 is 0 Å². The van der Waals surface area contributed by atoms with Gasteiger partial charge < -0.3 is 9.47 Å². The normalized spacial score (nSPS) is 32.8. The maximum atomic E-state index is 12.6. The fourth-order valence-electron chi connectivity index (χ4n) is 6.79. The molecule has 2 aromatic rings. The standard InChI is InChI=1S/C24H24N4O4/c1-31-22(29)27-20-16-13-17(21(20)28(27)23(30)32-2)19-18(16)24(26-25-19,14-9-5-3-6-10-14)15-11-7-4-8-12-15/h3-12,16-21H,13H2,1-2H3/t16-,17+,18?,19?,20-,21+/m0/s1. The van der Waals surface area contributed by atoms with Crippen LogP contribution in [0.4, 0.5) is 9.59 Å². The highest BCUT2D eigenvalue weighted by Gasteiger charge is 2.75. The lowest BCUT2D eigenvalue weighted by Gasteiger charge is -2.59. The largest absolute Gasteiger partial charge is 0.452 e. The van der Waals surface area contributed by atoms with E-state index in [0.717, 1.165) is 17.5 Å². The highest BCUT2D eigenvalue weighted by Crippen LogP contribution is 2.66. The van der Waals surface area contributed by atoms with Gasteiger partial charge in [0.25, 0.3) is 0 Å². The van der Waals surface area contributed by atoms with Gasteiger partial charge in [0.1, 0.15) is 5.54 Å². The van der Waals surface area contributed by atoms with Gasteiger partial charge in [-0.05, 0) is 23.5 Å². The number of carbonyl (C=O) groups is 2. The van der Waals surface area contributed by atoms with Gasteiger partial charge in [-0.15, -0.1) is 0 Å². The molecule has 2 saturated carbocycles. The second-order valence-corrected chi connectivity index (χ2v) is 8.90. The fraction of sp³-hybridized carbons (Fsp3) is 0.417. The number of nitrogens with zero attached hydrogens (tertiary/aromatic N) is 4. The summed E-state index contributed by atoms with van der Waals surface area (Å²) in [6, 6.07) is 20.3. The van der Waals surface area contributed by atoms with Crippen molar-refractivity contribution in [2.75, 3.05) is 14.2 Å². The SMILES string of the molecule is COC(=O)N1[C@@H]2[C@@H]([C@@H]3C[C@H]2C2C3N=NC2(c2ccccc2)c2ccccc2)N1C(=O)OC. The van der Waals surface area contributed by atoms with Gasteiger partial charge in [0.15, 0.2) is 0 Å². The zero-order valence-electron chi connectivity index (χ0n) is 17.9. The van der Waals surface area contributed by atoms with E-state index in [0.29, 0.717) is 0 Å². The zero-order valence-corrected chi connectivity index (χ0v) is 17.9. The molecule has 32 heavy (non-hydrogen) atoms. The highest BCUT2D eigenvalue weighted by molar-refractivity contribution is 5.77. The summed E-state index contributed by atoms with van der Waals surface area (Å²) >= 11 is 0. The Hall–Kier alpha value is -3.42. The predicted molar refractivity (Wildman–Crippen MR) is 113 cm³/mol. The third-order valence-corrected chi connectivity index (χ3v) is 7.82. The van der Waals surface area contributed by atoms with E-state index < -0.39 is 17.7 Å². The molecule has 8 heteroatoms. The summed E-state index contributed by atoms with van der Waals surface area (Å²) in [6.07, 6.45) is -0.211. The third kappa shape index (κ3) is 2.22. The minimum atomic E-state index is -0.620. The summed E-state index contributed by atoms with van der Waals surface area (Å²) < 4.78 is 9.99. The molecule has 2 aliphatic heterocycles. The van der Waals surface area contributed by atoms with Crippen molar-refractivity contribution >= 4 is 12.2 Å². The molecule has 0 radical (unpaired) electrons. The van der Waals surface area contributed by atoms with E-state index in [4.69, 9.17) is 19.7 Å². The van der Waals surface area contributed by atoms with Gasteiger partial charge in [-0.1, -0.05) is 60.7 Å². The Morgan fingerprint density at radius 2 is 1.34 bits per heavy atom. The number of fused-ring (bicyclic) bond motifs is 8. The quantitative estimate of drug-likeness (QED) is 0.722. The van der Waals surface area contributed by atoms with Gasteiger partial charge in [-0.2, -0.15) is 10.2 Å². The maximum absolute atomic E-state index is 12.6. The molecule has 0 spiro atoms. The number of hydrogen-bond acceptors (Lipinski definition) is 6. The van der Waals surface area contributed by atoms with Crippen molar-refractivity contribution < 1.29 is 19.1 Å². The lowest BCUT2D eigenvalue weighted by Crippen LogP contribution is -2.78. The molecular formula is C24H24N4O4. The second-order valence-electron chi connectivity index (χ2n) is 8.90. The Morgan fingerprint density at radius 3 is 1.84 bits per heavy atom. The molecule has 2 unspecified atom stereocenters. The summed E-state index contributed by atoms with van der Waals surface area (Å²) in [5.74, 6) is 0.337. The number of carbonyl (C=O) groups excluding carboxylic acids is 2. The first-order valence-electron chi connectivity index (χ1n) is 10.9. The maximum Gasteiger partial charge on any atom is 0.429 e. The van der Waals surface area contributed by atoms with Crippen molar-refractivity contribution in [3.8, 4) is 0 Å². The molecule has 0 aromatic heterocycles. The fourth-order valence-corrected chi connectivity index (χ4v) is 6.79. The molecule has 8 nitrogen and oxygen atoms in total. The van der Waals surface area contributed by atoms with Crippen LogP contribution in [0.2, 0.25) is 0 Å². The summed E-state index contributed by atoms with van der Waals surface area (Å²) in [4.78, 5) is 25.2. The van der Waals surface area contributed by atoms with Crippen molar-refractivity contribution in [3.63, 3.8) is 0 Å². The predicted octanol–water partition coefficient (Wildman–Crippen LogP) is 3.83. The molecule has 2 heterocycles. The van der Waals surface area contributed by atoms with Crippen molar-refractivity contribution in [2.45, 2.75) is 30.1 Å². The van der Waals surface area contributed by atoms with Crippen LogP contribution in [-0.4, -0.2) is 54.5 Å². The van der Waals surface area contributed by atoms with Gasteiger partial charge in [-0.3, -0.25) is 0 Å². The van der Waals surface area contributed by atoms with E-state index in [1.54, 1.807) is 0 Å². The Labute approximate surface area is 185 Å². The second kappa shape index (κ2) is 6.79. The van der Waals surface area contributed by atoms with Crippen LogP contribution >= 0.6 is 0 Å². The molecule has 0 N–H and O–H groups in total. The minimum absolute atomic E-state index is 0.0198. The molecule has 6 rings (SSSR count). The van der Waals surface area contributed by atoms with Gasteiger partial charge in [0.05, 0.1) is 32.3 Å². The average Bonchev–Trinajstić information content (AvgIpc) is 3.48. The molecule has 2 aromatic carbocycles. The Bertz CT molecular complexity index is 1050. The Balaban J connectivity index is 1.46. The molecule has 3 fully saturated rings. The van der Waals surface area contributed by atoms with Crippen molar-refractivity contribution in [3.05, 3.63) is 71.8 Å². The van der Waals surface area contributed by atoms with Gasteiger partial charge >= 0.3 is 12.2 Å². The lowest BCUT2D eigenvalue weighted by molar-refractivity contribution is -0.188. The topological polar surface area (TPSA) is 83.8 Å². The first-order chi connectivity index (χ1) is 15.6. The molecule has 2 aliphatic carbocycles. The number of rotatable bonds is 2. The average molecular weight is 432 g/mol. The number of benzene rings is 2. The van der Waals surface area contributed by atoms with E-state index in [9.17, 15) is 9.59 Å². The number of azo groups is 1. The monoisotopic (exact) mass is 432 g/mol. The van der Waals surface area contributed by atoms with Crippen LogP contribution in [0.3, 0.4) is 0 Å². The molecular weight excluding hydrogens is 408 g/mol. The van der Waals surface area contributed by atoms with E-state index in [1.165, 1.54) is 24.2 Å².